The number of aldehydes is 1. The Labute approximate surface area is 811 Å². The van der Waals surface area contributed by atoms with Gasteiger partial charge < -0.3 is 81.5 Å². The van der Waals surface area contributed by atoms with Crippen LogP contribution in [0.15, 0.2) is 313 Å². The number of primary amides is 4. The minimum Gasteiger partial charge on any atom is -0.435 e. The molecular formula is C107H98F2N14O19. The topological polar surface area (TPSA) is 537 Å². The number of aromatic nitrogens is 5. The zero-order chi connectivity index (χ0) is 101. The Kier molecular flexibility index (Phi) is 36.0. The van der Waals surface area contributed by atoms with Crippen molar-refractivity contribution in [3.05, 3.63) is 389 Å². The zero-order valence-electron chi connectivity index (χ0n) is 77.1. The van der Waals surface area contributed by atoms with E-state index in [0.717, 1.165) is 51.8 Å². The number of aliphatic hydroxyl groups is 1. The van der Waals surface area contributed by atoms with Gasteiger partial charge in [-0.2, -0.15) is 0 Å². The van der Waals surface area contributed by atoms with Crippen LogP contribution in [0.1, 0.15) is 135 Å². The van der Waals surface area contributed by atoms with Gasteiger partial charge in [0.05, 0.1) is 18.1 Å². The quantitative estimate of drug-likeness (QED) is 0.0129. The Morgan fingerprint density at radius 2 is 0.676 bits per heavy atom. The normalized spacial score (nSPS) is 12.4. The molecule has 5 heterocycles. The Hall–Kier alpha value is -18.0. The minimum atomic E-state index is -1.55. The predicted octanol–water partition coefficient (Wildman–Crippen LogP) is 12.4. The van der Waals surface area contributed by atoms with Crippen LogP contribution in [0.25, 0.3) is 56.3 Å². The maximum atomic E-state index is 14.2. The number of ketones is 3. The zero-order valence-corrected chi connectivity index (χ0v) is 77.1. The molecule has 0 radical (unpaired) electrons. The number of oxazole rings is 5. The summed E-state index contributed by atoms with van der Waals surface area (Å²) in [5.41, 5.74) is 29.1. The van der Waals surface area contributed by atoms with Crippen molar-refractivity contribution in [1.29, 1.82) is 0 Å². The lowest BCUT2D eigenvalue weighted by atomic mass is 10.0. The van der Waals surface area contributed by atoms with Gasteiger partial charge in [-0.3, -0.25) is 57.5 Å². The third kappa shape index (κ3) is 28.8. The molecular weight excluding hydrogens is 1820 g/mol. The van der Waals surface area contributed by atoms with Crippen LogP contribution in [0.4, 0.5) is 8.78 Å². The number of nitrogens with zero attached hydrogens (tertiary/aromatic N) is 5. The lowest BCUT2D eigenvalue weighted by molar-refractivity contribution is -0.137. The van der Waals surface area contributed by atoms with Crippen molar-refractivity contribution in [3.63, 3.8) is 0 Å². The molecule has 0 spiro atoms. The van der Waals surface area contributed by atoms with Crippen molar-refractivity contribution >= 4 is 76.8 Å². The second kappa shape index (κ2) is 49.6. The van der Waals surface area contributed by atoms with Crippen LogP contribution in [0, 0.1) is 39.3 Å². The molecule has 1 fully saturated rings. The SMILES string of the molecule is Cc1nc(-c2cccc(F)c2)c(C(=O)N[C@H](C=O)Cc2ccccc2)o1.Cc1nc(-c2ccccc2)c(C(=O)NC(CCc2ccccc2)C(=O)C(N)=O)o1.Cc1nc(-c2ccccc2)c(C(=O)N[C@@H](Cc2ccccc2)C(O)C(N)=O)o1.Cc1nc(-c2ccccc2F)c(C(=O)NC(Cc2ccccc2)C(=O)C(N)=O)o1.NC(=O)C(=O)C(Cc1ccccc1)NC(=O)c1oc(C2CC2)nc1-c1ccccc1. The number of aryl methyl sites for hydroxylation is 5. The van der Waals surface area contributed by atoms with Crippen LogP contribution in [0.5, 0.6) is 0 Å². The fourth-order valence-electron chi connectivity index (χ4n) is 14.7. The number of nitrogens with two attached hydrogens (primary N) is 4. The van der Waals surface area contributed by atoms with E-state index in [0.29, 0.717) is 65.0 Å². The maximum Gasteiger partial charge on any atom is 0.290 e. The van der Waals surface area contributed by atoms with Gasteiger partial charge in [-0.05, 0) is 90.6 Å². The van der Waals surface area contributed by atoms with Gasteiger partial charge in [0.15, 0.2) is 35.6 Å². The number of hydrogen-bond donors (Lipinski definition) is 10. The van der Waals surface area contributed by atoms with E-state index in [1.165, 1.54) is 43.3 Å². The van der Waals surface area contributed by atoms with Gasteiger partial charge >= 0.3 is 0 Å². The number of Topliss-reactive ketones (excluding diaryl/α,β-unsaturated/α-hetero) is 3. The molecule has 1 saturated carbocycles. The van der Waals surface area contributed by atoms with Crippen molar-refractivity contribution in [2.75, 3.05) is 0 Å². The minimum absolute atomic E-state index is 0.00286. The van der Waals surface area contributed by atoms with E-state index < -0.39 is 118 Å². The number of amides is 9. The molecule has 16 rings (SSSR count). The van der Waals surface area contributed by atoms with Crippen molar-refractivity contribution in [3.8, 4) is 56.3 Å². The third-order valence-corrected chi connectivity index (χ3v) is 21.7. The number of benzene rings is 10. The van der Waals surface area contributed by atoms with Gasteiger partial charge in [-0.25, -0.2) is 33.7 Å². The van der Waals surface area contributed by atoms with Gasteiger partial charge in [-0.15, -0.1) is 0 Å². The molecule has 0 saturated heterocycles. The smallest absolute Gasteiger partial charge is 0.290 e. The van der Waals surface area contributed by atoms with Crippen LogP contribution >= 0.6 is 0 Å². The number of aliphatic hydroxyl groups excluding tert-OH is 1. The summed E-state index contributed by atoms with van der Waals surface area (Å²) in [6, 6.07) is 79.9. The highest BCUT2D eigenvalue weighted by molar-refractivity contribution is 6.39. The van der Waals surface area contributed by atoms with Gasteiger partial charge in [0.1, 0.15) is 58.5 Å². The number of hydrogen-bond acceptors (Lipinski definition) is 24. The second-order valence-electron chi connectivity index (χ2n) is 32.4. The molecule has 14 N–H and O–H groups in total. The molecule has 15 aromatic rings. The molecule has 0 aliphatic heterocycles. The average Bonchev–Trinajstić information content (AvgIpc) is 1.64. The highest BCUT2D eigenvalue weighted by Crippen LogP contribution is 2.42. The number of carbonyl (C=O) groups is 13. The molecule has 1 aliphatic rings. The Balaban J connectivity index is 0.000000159. The fraction of sp³-hybridized carbons (Fsp3) is 0.178. The molecule has 4 unspecified atom stereocenters. The summed E-state index contributed by atoms with van der Waals surface area (Å²) in [5, 5.41) is 23.2. The Bertz CT molecular complexity index is 6940. The van der Waals surface area contributed by atoms with E-state index in [-0.39, 0.29) is 89.1 Å². The van der Waals surface area contributed by atoms with E-state index in [1.807, 2.05) is 200 Å². The molecule has 10 aromatic carbocycles. The number of rotatable bonds is 36. The van der Waals surface area contributed by atoms with Crippen LogP contribution in [-0.2, 0) is 70.5 Å². The molecule has 9 amide bonds. The number of nitrogens with one attached hydrogen (secondary N) is 5. The second-order valence-corrected chi connectivity index (χ2v) is 32.4. The van der Waals surface area contributed by atoms with E-state index in [2.05, 4.69) is 51.5 Å². The summed E-state index contributed by atoms with van der Waals surface area (Å²) in [7, 11) is 0. The lowest BCUT2D eigenvalue weighted by Crippen LogP contribution is -2.50. The van der Waals surface area contributed by atoms with E-state index >= 15 is 0 Å². The standard InChI is InChI=1S/C23H21N3O4.C22H21N3O4.C21H18FN3O4.C21H21N3O4.C20H17FN2O3/c24-21(28)19(27)17(13-14-7-3-1-4-8-14)25-22(29)20-18(15-9-5-2-6-10-15)26-23(30-20)16-11-12-16;1-14-24-18(16-10-6-3-7-11-16)20(29-14)22(28)25-17(19(26)21(23)27)13-12-15-8-4-2-5-9-15;1-12-24-17(14-9-5-6-10-15(14)22)19(29-12)21(28)25-16(18(26)20(23)27)11-13-7-3-2-4-8-13;1-13-23-17(15-10-6-3-7-11-15)19(28-13)21(27)24-16(18(25)20(22)26)12-14-8-4-2-5-9-14;1-13-22-18(15-8-5-9-16(21)11-15)19(26-13)20(25)23-17(12-24)10-14-6-3-2-4-7-14/h1-10,16-17H,11-13H2,(H2,24,28)(H,25,29);2-11,17H,12-13H2,1H3,(H2,23,27)(H,25,28);2-10,16H,11H2,1H3,(H2,23,27)(H,25,28);2-11,16,18,25H,12H2,1H3,(H2,22,26)(H,24,27);2-9,11-12,17H,10H2,1H3,(H,23,25)/t;;;16-,18?;17-/m...00/s1. The predicted molar refractivity (Wildman–Crippen MR) is 516 cm³/mol. The highest BCUT2D eigenvalue weighted by atomic mass is 19.1. The van der Waals surface area contributed by atoms with E-state index in [4.69, 9.17) is 45.0 Å². The Morgan fingerprint density at radius 3 is 1.06 bits per heavy atom. The van der Waals surface area contributed by atoms with Gasteiger partial charge in [0.25, 0.3) is 47.3 Å². The first-order valence-corrected chi connectivity index (χ1v) is 44.6. The summed E-state index contributed by atoms with van der Waals surface area (Å²) < 4.78 is 55.2. The van der Waals surface area contributed by atoms with Crippen molar-refractivity contribution in [2.24, 2.45) is 22.9 Å². The average molecular weight is 1920 g/mol. The maximum absolute atomic E-state index is 14.2. The first kappa shape index (κ1) is 103. The molecule has 1 aliphatic carbocycles. The first-order valence-electron chi connectivity index (χ1n) is 44.6. The molecule has 724 valence electrons. The number of halogens is 2. The summed E-state index contributed by atoms with van der Waals surface area (Å²) >= 11 is 0. The summed E-state index contributed by atoms with van der Waals surface area (Å²) in [4.78, 5) is 180. The molecule has 35 heteroatoms. The lowest BCUT2D eigenvalue weighted by Gasteiger charge is -2.22. The molecule has 5 aromatic heterocycles. The van der Waals surface area contributed by atoms with Crippen molar-refractivity contribution < 1.29 is 98.3 Å². The summed E-state index contributed by atoms with van der Waals surface area (Å²) in [5.74, 6) is -9.67. The molecule has 6 atom stereocenters. The van der Waals surface area contributed by atoms with Gasteiger partial charge in [0.2, 0.25) is 52.1 Å². The Morgan fingerprint density at radius 1 is 0.359 bits per heavy atom. The van der Waals surface area contributed by atoms with Crippen molar-refractivity contribution in [1.82, 2.24) is 51.5 Å². The third-order valence-electron chi connectivity index (χ3n) is 21.7. The molecule has 142 heavy (non-hydrogen) atoms. The van der Waals surface area contributed by atoms with Crippen molar-refractivity contribution in [2.45, 2.75) is 121 Å². The summed E-state index contributed by atoms with van der Waals surface area (Å²) in [6.07, 6.45) is 2.55. The molecule has 33 nitrogen and oxygen atoms in total. The molecule has 0 bridgehead atoms. The fourth-order valence-corrected chi connectivity index (χ4v) is 14.7. The monoisotopic (exact) mass is 1920 g/mol. The van der Waals surface area contributed by atoms with Crippen LogP contribution in [0.2, 0.25) is 0 Å². The van der Waals surface area contributed by atoms with Crippen LogP contribution in [0.3, 0.4) is 0 Å². The van der Waals surface area contributed by atoms with E-state index in [9.17, 15) is 76.2 Å². The van der Waals surface area contributed by atoms with Gasteiger partial charge in [0, 0.05) is 74.3 Å². The van der Waals surface area contributed by atoms with Gasteiger partial charge in [-0.1, -0.05) is 267 Å². The van der Waals surface area contributed by atoms with Crippen LogP contribution in [-0.4, -0.2) is 143 Å². The largest absolute Gasteiger partial charge is 0.435 e. The first-order chi connectivity index (χ1) is 68.4. The highest BCUT2D eigenvalue weighted by Gasteiger charge is 2.37. The summed E-state index contributed by atoms with van der Waals surface area (Å²) in [6.45, 7) is 6.38. The van der Waals surface area contributed by atoms with E-state index in [1.54, 1.807) is 75.4 Å². The number of carbonyl (C=O) groups excluding carboxylic acids is 13. The van der Waals surface area contributed by atoms with Crippen LogP contribution < -0.4 is 49.5 Å².